The zero-order chi connectivity index (χ0) is 22.9. The molecule has 0 unspecified atom stereocenters. The minimum atomic E-state index is 0.0944. The van der Waals surface area contributed by atoms with Crippen LogP contribution in [0.4, 0.5) is 17.1 Å². The van der Waals surface area contributed by atoms with E-state index in [1.165, 1.54) is 5.56 Å². The van der Waals surface area contributed by atoms with Crippen LogP contribution in [0.25, 0.3) is 0 Å². The molecule has 0 spiro atoms. The number of fused-ring (bicyclic) bond motifs is 1. The first kappa shape index (κ1) is 21.6. The molecule has 1 N–H and O–H groups in total. The third-order valence-corrected chi connectivity index (χ3v) is 5.57. The summed E-state index contributed by atoms with van der Waals surface area (Å²) in [7, 11) is 5.73. The molecule has 0 atom stereocenters. The topological polar surface area (TPSA) is 49.2 Å². The SMILES string of the molecule is COc1ccc2c(c1)NC(c1ccc(N(C)C)cc1)=NC(c1ccc(C(C)(C)C)cc1)=N2. The van der Waals surface area contributed by atoms with Crippen molar-refractivity contribution in [2.75, 3.05) is 31.4 Å². The summed E-state index contributed by atoms with van der Waals surface area (Å²) >= 11 is 0. The van der Waals surface area contributed by atoms with Crippen LogP contribution in [0.3, 0.4) is 0 Å². The summed E-state index contributed by atoms with van der Waals surface area (Å²) in [5, 5.41) is 3.48. The third-order valence-electron chi connectivity index (χ3n) is 5.57. The minimum Gasteiger partial charge on any atom is -0.497 e. The quantitative estimate of drug-likeness (QED) is 0.556. The summed E-state index contributed by atoms with van der Waals surface area (Å²) in [5.41, 5.74) is 6.16. The largest absolute Gasteiger partial charge is 0.497 e. The number of amidine groups is 2. The fraction of sp³-hybridized carbons (Fsp3) is 0.259. The molecule has 0 bridgehead atoms. The van der Waals surface area contributed by atoms with E-state index in [9.17, 15) is 0 Å². The third kappa shape index (κ3) is 4.52. The molecule has 3 aromatic carbocycles. The van der Waals surface area contributed by atoms with Crippen molar-refractivity contribution in [1.82, 2.24) is 0 Å². The van der Waals surface area contributed by atoms with Crippen molar-refractivity contribution in [3.8, 4) is 5.75 Å². The summed E-state index contributed by atoms with van der Waals surface area (Å²) in [5.74, 6) is 2.20. The van der Waals surface area contributed by atoms with E-state index in [4.69, 9.17) is 14.7 Å². The molecule has 0 amide bonds. The Morgan fingerprint density at radius 3 is 2.06 bits per heavy atom. The molecule has 3 aromatic rings. The number of anilines is 2. The number of rotatable bonds is 4. The van der Waals surface area contributed by atoms with Gasteiger partial charge in [0.1, 0.15) is 11.6 Å². The van der Waals surface area contributed by atoms with Crippen molar-refractivity contribution in [2.45, 2.75) is 26.2 Å². The van der Waals surface area contributed by atoms with Gasteiger partial charge in [-0.25, -0.2) is 9.98 Å². The lowest BCUT2D eigenvalue weighted by Gasteiger charge is -2.19. The highest BCUT2D eigenvalue weighted by atomic mass is 16.5. The van der Waals surface area contributed by atoms with Crippen LogP contribution in [-0.4, -0.2) is 32.9 Å². The van der Waals surface area contributed by atoms with Gasteiger partial charge >= 0.3 is 0 Å². The Hall–Kier alpha value is -3.60. The first-order valence-corrected chi connectivity index (χ1v) is 10.8. The second-order valence-electron chi connectivity index (χ2n) is 9.17. The van der Waals surface area contributed by atoms with Gasteiger partial charge in [-0.2, -0.15) is 0 Å². The predicted octanol–water partition coefficient (Wildman–Crippen LogP) is 6.01. The molecule has 0 aliphatic carbocycles. The lowest BCUT2D eigenvalue weighted by atomic mass is 9.86. The van der Waals surface area contributed by atoms with Crippen molar-refractivity contribution < 1.29 is 4.74 Å². The lowest BCUT2D eigenvalue weighted by molar-refractivity contribution is 0.415. The minimum absolute atomic E-state index is 0.0944. The summed E-state index contributed by atoms with van der Waals surface area (Å²) in [6.07, 6.45) is 0. The van der Waals surface area contributed by atoms with Gasteiger partial charge in [-0.15, -0.1) is 0 Å². The van der Waals surface area contributed by atoms with E-state index in [-0.39, 0.29) is 5.41 Å². The van der Waals surface area contributed by atoms with E-state index in [1.54, 1.807) is 7.11 Å². The van der Waals surface area contributed by atoms with E-state index in [1.807, 2.05) is 32.3 Å². The fourth-order valence-electron chi connectivity index (χ4n) is 3.54. The molecule has 4 rings (SSSR count). The first-order chi connectivity index (χ1) is 15.2. The zero-order valence-corrected chi connectivity index (χ0v) is 19.6. The van der Waals surface area contributed by atoms with Gasteiger partial charge < -0.3 is 15.0 Å². The lowest BCUT2D eigenvalue weighted by Crippen LogP contribution is -2.16. The molecule has 1 aliphatic rings. The van der Waals surface area contributed by atoms with Gasteiger partial charge in [0.05, 0.1) is 18.5 Å². The van der Waals surface area contributed by atoms with Crippen LogP contribution in [-0.2, 0) is 5.41 Å². The van der Waals surface area contributed by atoms with E-state index in [0.29, 0.717) is 5.84 Å². The van der Waals surface area contributed by atoms with Crippen molar-refractivity contribution >= 4 is 28.7 Å². The first-order valence-electron chi connectivity index (χ1n) is 10.8. The highest BCUT2D eigenvalue weighted by Crippen LogP contribution is 2.33. The number of hydrogen-bond donors (Lipinski definition) is 1. The van der Waals surface area contributed by atoms with Gasteiger partial charge in [0.15, 0.2) is 5.84 Å². The number of nitrogens with one attached hydrogen (secondary N) is 1. The van der Waals surface area contributed by atoms with E-state index < -0.39 is 0 Å². The average Bonchev–Trinajstić information content (AvgIpc) is 2.97. The van der Waals surface area contributed by atoms with Gasteiger partial charge in [-0.1, -0.05) is 45.0 Å². The number of nitrogens with zero attached hydrogens (tertiary/aromatic N) is 3. The molecule has 0 saturated heterocycles. The Morgan fingerprint density at radius 2 is 1.47 bits per heavy atom. The fourth-order valence-corrected chi connectivity index (χ4v) is 3.54. The Labute approximate surface area is 190 Å². The average molecular weight is 427 g/mol. The number of benzene rings is 3. The summed E-state index contributed by atoms with van der Waals surface area (Å²) in [6.45, 7) is 6.64. The second kappa shape index (κ2) is 8.50. The zero-order valence-electron chi connectivity index (χ0n) is 19.6. The van der Waals surface area contributed by atoms with Crippen molar-refractivity contribution in [2.24, 2.45) is 9.98 Å². The van der Waals surface area contributed by atoms with Crippen LogP contribution >= 0.6 is 0 Å². The molecule has 0 radical (unpaired) electrons. The molecule has 0 aromatic heterocycles. The van der Waals surface area contributed by atoms with Gasteiger partial charge in [-0.05, 0) is 47.4 Å². The molecule has 0 saturated carbocycles. The summed E-state index contributed by atoms with van der Waals surface area (Å²) in [6, 6.07) is 22.7. The molecule has 5 heteroatoms. The molecular formula is C27H30N4O. The van der Waals surface area contributed by atoms with Gasteiger partial charge in [0, 0.05) is 37.0 Å². The highest BCUT2D eigenvalue weighted by Gasteiger charge is 2.18. The molecule has 5 nitrogen and oxygen atoms in total. The Bertz CT molecular complexity index is 1170. The molecule has 1 aliphatic heterocycles. The van der Waals surface area contributed by atoms with Gasteiger partial charge in [0.2, 0.25) is 0 Å². The summed E-state index contributed by atoms with van der Waals surface area (Å²) in [4.78, 5) is 11.9. The van der Waals surface area contributed by atoms with Crippen LogP contribution in [0.15, 0.2) is 76.7 Å². The molecular weight excluding hydrogens is 396 g/mol. The predicted molar refractivity (Wildman–Crippen MR) is 135 cm³/mol. The maximum atomic E-state index is 5.43. The van der Waals surface area contributed by atoms with Crippen molar-refractivity contribution in [3.63, 3.8) is 0 Å². The van der Waals surface area contributed by atoms with Crippen LogP contribution < -0.4 is 15.0 Å². The molecule has 0 fully saturated rings. The van der Waals surface area contributed by atoms with E-state index in [0.717, 1.165) is 39.8 Å². The Balaban J connectivity index is 1.81. The number of aliphatic imine (C=N–C) groups is 2. The van der Waals surface area contributed by atoms with Gasteiger partial charge in [-0.3, -0.25) is 0 Å². The molecule has 1 heterocycles. The highest BCUT2D eigenvalue weighted by molar-refractivity contribution is 6.19. The standard InChI is InChI=1S/C27H30N4O/c1-27(2,3)20-11-7-18(8-12-20)25-28-23-16-15-22(32-6)17-24(23)29-26(30-25)19-9-13-21(14-10-19)31(4)5/h7-17H,1-6H3,(H,28,29,30). The van der Waals surface area contributed by atoms with Gasteiger partial charge in [0.25, 0.3) is 0 Å². The second-order valence-corrected chi connectivity index (χ2v) is 9.17. The number of ether oxygens (including phenoxy) is 1. The maximum Gasteiger partial charge on any atom is 0.162 e. The van der Waals surface area contributed by atoms with E-state index >= 15 is 0 Å². The van der Waals surface area contributed by atoms with Crippen LogP contribution in [0.5, 0.6) is 5.75 Å². The smallest absolute Gasteiger partial charge is 0.162 e. The maximum absolute atomic E-state index is 5.43. The monoisotopic (exact) mass is 426 g/mol. The van der Waals surface area contributed by atoms with Crippen molar-refractivity contribution in [3.05, 3.63) is 83.4 Å². The van der Waals surface area contributed by atoms with Crippen molar-refractivity contribution in [1.29, 1.82) is 0 Å². The number of hydrogen-bond acceptors (Lipinski definition) is 5. The van der Waals surface area contributed by atoms with Crippen LogP contribution in [0.1, 0.15) is 37.5 Å². The Morgan fingerprint density at radius 1 is 0.812 bits per heavy atom. The Kier molecular flexibility index (Phi) is 5.74. The van der Waals surface area contributed by atoms with Crippen LogP contribution in [0, 0.1) is 0 Å². The van der Waals surface area contributed by atoms with Crippen LogP contribution in [0.2, 0.25) is 0 Å². The molecule has 164 valence electrons. The summed E-state index contributed by atoms with van der Waals surface area (Å²) < 4.78 is 5.43. The van der Waals surface area contributed by atoms with E-state index in [2.05, 4.69) is 79.5 Å². The normalized spacial score (nSPS) is 13.3. The molecule has 32 heavy (non-hydrogen) atoms. The number of methoxy groups -OCH3 is 1.